The minimum atomic E-state index is -0.680. The number of hydrogen-bond acceptors (Lipinski definition) is 4. The Bertz CT molecular complexity index is 467. The largest absolute Gasteiger partial charge is 0.454 e. The molecule has 0 bridgehead atoms. The Labute approximate surface area is 98.9 Å². The van der Waals surface area contributed by atoms with E-state index in [0.29, 0.717) is 5.56 Å². The predicted molar refractivity (Wildman–Crippen MR) is 62.4 cm³/mol. The van der Waals surface area contributed by atoms with Crippen LogP contribution in [0.15, 0.2) is 36.4 Å². The Morgan fingerprint density at radius 2 is 2.06 bits per heavy atom. The highest BCUT2D eigenvalue weighted by atomic mass is 16.6. The monoisotopic (exact) mass is 235 g/mol. The molecule has 0 spiro atoms. The maximum absolute atomic E-state index is 11.3. The van der Waals surface area contributed by atoms with Gasteiger partial charge in [-0.1, -0.05) is 18.7 Å². The molecular formula is C12H13NO4. The van der Waals surface area contributed by atoms with E-state index in [1.165, 1.54) is 13.0 Å². The van der Waals surface area contributed by atoms with E-state index in [-0.39, 0.29) is 11.3 Å². The average molecular weight is 235 g/mol. The molecule has 1 aromatic carbocycles. The maximum Gasteiger partial charge on any atom is 0.333 e. The average Bonchev–Trinajstić information content (AvgIpc) is 2.28. The third kappa shape index (κ3) is 3.14. The van der Waals surface area contributed by atoms with Crippen LogP contribution in [0.1, 0.15) is 25.5 Å². The van der Waals surface area contributed by atoms with Gasteiger partial charge in [-0.05, 0) is 19.9 Å². The van der Waals surface area contributed by atoms with Crippen molar-refractivity contribution in [1.29, 1.82) is 0 Å². The Morgan fingerprint density at radius 3 is 2.59 bits per heavy atom. The molecule has 0 aliphatic carbocycles. The van der Waals surface area contributed by atoms with E-state index in [1.807, 2.05) is 0 Å². The van der Waals surface area contributed by atoms with Gasteiger partial charge in [-0.25, -0.2) is 4.79 Å². The molecule has 0 amide bonds. The van der Waals surface area contributed by atoms with Crippen molar-refractivity contribution in [3.8, 4) is 0 Å². The summed E-state index contributed by atoms with van der Waals surface area (Å²) in [6.45, 7) is 6.56. The number of nitrogens with zero attached hydrogens (tertiary/aromatic N) is 1. The molecule has 0 heterocycles. The summed E-state index contributed by atoms with van der Waals surface area (Å²) in [7, 11) is 0. The van der Waals surface area contributed by atoms with Gasteiger partial charge in [0.25, 0.3) is 5.69 Å². The van der Waals surface area contributed by atoms with Crippen molar-refractivity contribution < 1.29 is 14.5 Å². The zero-order valence-corrected chi connectivity index (χ0v) is 9.67. The van der Waals surface area contributed by atoms with Gasteiger partial charge in [0, 0.05) is 11.6 Å². The van der Waals surface area contributed by atoms with E-state index in [2.05, 4.69) is 6.58 Å². The summed E-state index contributed by atoms with van der Waals surface area (Å²) in [5.74, 6) is -0.560. The first-order valence-electron chi connectivity index (χ1n) is 5.03. The van der Waals surface area contributed by atoms with Crippen molar-refractivity contribution in [2.75, 3.05) is 0 Å². The lowest BCUT2D eigenvalue weighted by Gasteiger charge is -2.13. The van der Waals surface area contributed by atoms with Crippen molar-refractivity contribution in [3.05, 3.63) is 52.1 Å². The molecule has 0 aliphatic heterocycles. The first kappa shape index (κ1) is 12.9. The van der Waals surface area contributed by atoms with Crippen LogP contribution in [0.2, 0.25) is 0 Å². The van der Waals surface area contributed by atoms with Crippen LogP contribution in [-0.2, 0) is 9.53 Å². The highest BCUT2D eigenvalue weighted by Gasteiger charge is 2.21. The zero-order valence-electron chi connectivity index (χ0n) is 9.67. The second-order valence-electron chi connectivity index (χ2n) is 3.64. The molecule has 0 aliphatic rings. The van der Waals surface area contributed by atoms with Crippen LogP contribution in [0.4, 0.5) is 5.69 Å². The van der Waals surface area contributed by atoms with Crippen LogP contribution in [0.25, 0.3) is 0 Å². The number of ether oxygens (including phenoxy) is 1. The molecule has 0 saturated heterocycles. The molecular weight excluding hydrogens is 222 g/mol. The van der Waals surface area contributed by atoms with Crippen molar-refractivity contribution in [2.45, 2.75) is 20.0 Å². The third-order valence-electron chi connectivity index (χ3n) is 2.20. The van der Waals surface area contributed by atoms with Gasteiger partial charge >= 0.3 is 5.97 Å². The number of rotatable bonds is 4. The molecule has 1 aromatic rings. The molecule has 1 atom stereocenters. The fourth-order valence-electron chi connectivity index (χ4n) is 1.32. The summed E-state index contributed by atoms with van der Waals surface area (Å²) < 4.78 is 5.05. The van der Waals surface area contributed by atoms with Crippen molar-refractivity contribution in [3.63, 3.8) is 0 Å². The Kier molecular flexibility index (Phi) is 3.98. The molecule has 17 heavy (non-hydrogen) atoms. The van der Waals surface area contributed by atoms with Crippen LogP contribution in [0.3, 0.4) is 0 Å². The Hall–Kier alpha value is -2.17. The third-order valence-corrected chi connectivity index (χ3v) is 2.20. The zero-order chi connectivity index (χ0) is 13.0. The quantitative estimate of drug-likeness (QED) is 0.348. The highest BCUT2D eigenvalue weighted by Crippen LogP contribution is 2.27. The lowest BCUT2D eigenvalue weighted by molar-refractivity contribution is -0.386. The summed E-state index contributed by atoms with van der Waals surface area (Å²) in [5.41, 5.74) is 0.567. The van der Waals surface area contributed by atoms with Crippen LogP contribution in [0, 0.1) is 10.1 Å². The van der Waals surface area contributed by atoms with Gasteiger partial charge in [0.2, 0.25) is 0 Å². The summed E-state index contributed by atoms with van der Waals surface area (Å²) in [6, 6.07) is 6.16. The fraction of sp³-hybridized carbons (Fsp3) is 0.250. The number of nitro benzene ring substituents is 1. The van der Waals surface area contributed by atoms with Gasteiger partial charge in [-0.2, -0.15) is 0 Å². The summed E-state index contributed by atoms with van der Waals surface area (Å²) in [5, 5.41) is 10.8. The summed E-state index contributed by atoms with van der Waals surface area (Å²) in [4.78, 5) is 21.6. The summed E-state index contributed by atoms with van der Waals surface area (Å²) in [6.07, 6.45) is -0.680. The van der Waals surface area contributed by atoms with Gasteiger partial charge in [-0.3, -0.25) is 10.1 Å². The molecule has 5 nitrogen and oxygen atoms in total. The number of carbonyl (C=O) groups is 1. The number of para-hydroxylation sites is 1. The topological polar surface area (TPSA) is 69.4 Å². The van der Waals surface area contributed by atoms with Crippen molar-refractivity contribution >= 4 is 11.7 Å². The lowest BCUT2D eigenvalue weighted by atomic mass is 10.1. The van der Waals surface area contributed by atoms with Crippen LogP contribution < -0.4 is 0 Å². The molecule has 0 radical (unpaired) electrons. The standard InChI is InChI=1S/C12H13NO4/c1-8(2)12(14)17-9(3)10-6-4-5-7-11(10)13(15)16/h4-7,9H,1H2,2-3H3. The van der Waals surface area contributed by atoms with Crippen molar-refractivity contribution in [1.82, 2.24) is 0 Å². The summed E-state index contributed by atoms with van der Waals surface area (Å²) >= 11 is 0. The Balaban J connectivity index is 2.96. The van der Waals surface area contributed by atoms with Crippen LogP contribution in [0.5, 0.6) is 0 Å². The van der Waals surface area contributed by atoms with Gasteiger partial charge in [0.15, 0.2) is 0 Å². The second kappa shape index (κ2) is 5.25. The van der Waals surface area contributed by atoms with Gasteiger partial charge in [0.05, 0.1) is 10.5 Å². The fourth-order valence-corrected chi connectivity index (χ4v) is 1.32. The number of esters is 1. The Morgan fingerprint density at radius 1 is 1.47 bits per heavy atom. The molecule has 1 rings (SSSR count). The SMILES string of the molecule is C=C(C)C(=O)OC(C)c1ccccc1[N+](=O)[O-]. The second-order valence-corrected chi connectivity index (χ2v) is 3.64. The van der Waals surface area contributed by atoms with E-state index in [4.69, 9.17) is 4.74 Å². The van der Waals surface area contributed by atoms with E-state index >= 15 is 0 Å². The first-order chi connectivity index (χ1) is 7.93. The van der Waals surface area contributed by atoms with Crippen LogP contribution >= 0.6 is 0 Å². The molecule has 1 unspecified atom stereocenters. The predicted octanol–water partition coefficient (Wildman–Crippen LogP) is 2.78. The molecule has 0 aromatic heterocycles. The van der Waals surface area contributed by atoms with Crippen molar-refractivity contribution in [2.24, 2.45) is 0 Å². The molecule has 0 saturated carbocycles. The maximum atomic E-state index is 11.3. The molecule has 0 fully saturated rings. The number of nitro groups is 1. The lowest BCUT2D eigenvalue weighted by Crippen LogP contribution is -2.10. The van der Waals surface area contributed by atoms with E-state index < -0.39 is 17.0 Å². The minimum absolute atomic E-state index is 0.0606. The minimum Gasteiger partial charge on any atom is -0.454 e. The van der Waals surface area contributed by atoms with E-state index in [1.54, 1.807) is 25.1 Å². The molecule has 90 valence electrons. The number of hydrogen-bond donors (Lipinski definition) is 0. The first-order valence-corrected chi connectivity index (χ1v) is 5.03. The number of carbonyl (C=O) groups excluding carboxylic acids is 1. The van der Waals surface area contributed by atoms with Gasteiger partial charge in [0.1, 0.15) is 6.10 Å². The van der Waals surface area contributed by atoms with Gasteiger partial charge < -0.3 is 4.74 Å². The number of benzene rings is 1. The van der Waals surface area contributed by atoms with Crippen LogP contribution in [-0.4, -0.2) is 10.9 Å². The molecule has 5 heteroatoms. The normalized spacial score (nSPS) is 11.6. The van der Waals surface area contributed by atoms with E-state index in [0.717, 1.165) is 0 Å². The smallest absolute Gasteiger partial charge is 0.333 e. The molecule has 0 N–H and O–H groups in total. The van der Waals surface area contributed by atoms with Gasteiger partial charge in [-0.15, -0.1) is 0 Å². The highest BCUT2D eigenvalue weighted by molar-refractivity contribution is 5.87. The van der Waals surface area contributed by atoms with E-state index in [9.17, 15) is 14.9 Å².